The van der Waals surface area contributed by atoms with Crippen LogP contribution in [0.4, 0.5) is 0 Å². The second kappa shape index (κ2) is 5.99. The molecule has 0 nitrogen and oxygen atoms in total. The number of halogens is 1. The van der Waals surface area contributed by atoms with Crippen molar-refractivity contribution in [1.29, 1.82) is 0 Å². The summed E-state index contributed by atoms with van der Waals surface area (Å²) in [7, 11) is 0. The molecule has 0 aliphatic rings. The van der Waals surface area contributed by atoms with E-state index in [0.29, 0.717) is 5.03 Å². The van der Waals surface area contributed by atoms with Gasteiger partial charge in [-0.3, -0.25) is 0 Å². The van der Waals surface area contributed by atoms with Crippen LogP contribution in [-0.2, 0) is 0 Å². The zero-order chi connectivity index (χ0) is 8.69. The number of rotatable bonds is 5. The fourth-order valence-electron chi connectivity index (χ4n) is 0.543. The van der Waals surface area contributed by atoms with E-state index in [1.807, 2.05) is 12.2 Å². The summed E-state index contributed by atoms with van der Waals surface area (Å²) in [5, 5.41) is 0.693. The molecule has 0 radical (unpaired) electrons. The Hall–Kier alpha value is -0.750. The quantitative estimate of drug-likeness (QED) is 0.548. The molecule has 0 aliphatic carbocycles. The van der Waals surface area contributed by atoms with E-state index >= 15 is 0 Å². The Bertz CT molecular complexity index is 187. The first-order chi connectivity index (χ1) is 5.16. The van der Waals surface area contributed by atoms with Crippen LogP contribution in [0.3, 0.4) is 0 Å². The maximum Gasteiger partial charge on any atom is 0.0112 e. The Morgan fingerprint density at radius 1 is 1.36 bits per heavy atom. The summed E-state index contributed by atoms with van der Waals surface area (Å²) in [4.78, 5) is 0. The highest BCUT2D eigenvalue weighted by atomic mass is 35.5. The molecule has 0 saturated carbocycles. The van der Waals surface area contributed by atoms with Crippen molar-refractivity contribution in [2.45, 2.75) is 12.8 Å². The zero-order valence-electron chi connectivity index (χ0n) is 6.65. The van der Waals surface area contributed by atoms with Gasteiger partial charge in [-0.2, -0.15) is 0 Å². The first kappa shape index (κ1) is 10.2. The van der Waals surface area contributed by atoms with E-state index in [4.69, 9.17) is 11.6 Å². The molecular weight excluding hydrogens is 156 g/mol. The minimum Gasteiger partial charge on any atom is -0.0985 e. The third-order valence-corrected chi connectivity index (χ3v) is 1.37. The predicted molar refractivity (Wildman–Crippen MR) is 52.7 cm³/mol. The Morgan fingerprint density at radius 2 is 2.00 bits per heavy atom. The monoisotopic (exact) mass is 168 g/mol. The van der Waals surface area contributed by atoms with Crippen molar-refractivity contribution in [1.82, 2.24) is 0 Å². The van der Waals surface area contributed by atoms with Gasteiger partial charge in [0.1, 0.15) is 0 Å². The van der Waals surface area contributed by atoms with Crippen LogP contribution in [0.2, 0.25) is 0 Å². The molecule has 0 aromatic heterocycles. The average molecular weight is 169 g/mol. The zero-order valence-corrected chi connectivity index (χ0v) is 7.40. The average Bonchev–Trinajstić information content (AvgIpc) is 1.97. The van der Waals surface area contributed by atoms with Crippen molar-refractivity contribution >= 4 is 11.6 Å². The van der Waals surface area contributed by atoms with Crippen LogP contribution in [-0.4, -0.2) is 0 Å². The second-order valence-electron chi connectivity index (χ2n) is 2.24. The third kappa shape index (κ3) is 7.14. The van der Waals surface area contributed by atoms with Crippen LogP contribution in [0.1, 0.15) is 12.8 Å². The van der Waals surface area contributed by atoms with Crippen molar-refractivity contribution in [2.24, 2.45) is 0 Å². The molecule has 0 heterocycles. The van der Waals surface area contributed by atoms with Crippen LogP contribution >= 0.6 is 11.6 Å². The van der Waals surface area contributed by atoms with Gasteiger partial charge in [0.15, 0.2) is 0 Å². The lowest BCUT2D eigenvalue weighted by Gasteiger charge is -1.90. The van der Waals surface area contributed by atoms with Crippen LogP contribution in [0.25, 0.3) is 0 Å². The van der Waals surface area contributed by atoms with E-state index in [2.05, 4.69) is 19.7 Å². The summed E-state index contributed by atoms with van der Waals surface area (Å²) >= 11 is 5.56. The Morgan fingerprint density at radius 3 is 2.45 bits per heavy atom. The van der Waals surface area contributed by atoms with Crippen LogP contribution in [0.15, 0.2) is 48.6 Å². The molecule has 0 amide bonds. The molecule has 0 N–H and O–H groups in total. The molecule has 0 saturated heterocycles. The highest BCUT2D eigenvalue weighted by molar-refractivity contribution is 6.29. The summed E-state index contributed by atoms with van der Waals surface area (Å²) in [6, 6.07) is 0. The molecule has 1 heteroatoms. The molecule has 0 aromatic carbocycles. The van der Waals surface area contributed by atoms with E-state index < -0.39 is 0 Å². The number of hydrogen-bond donors (Lipinski definition) is 0. The van der Waals surface area contributed by atoms with Crippen LogP contribution in [0.5, 0.6) is 0 Å². The third-order valence-electron chi connectivity index (χ3n) is 1.18. The maximum absolute atomic E-state index is 5.56. The van der Waals surface area contributed by atoms with Crippen molar-refractivity contribution < 1.29 is 0 Å². The molecule has 0 aromatic rings. The van der Waals surface area contributed by atoms with Crippen molar-refractivity contribution in [3.63, 3.8) is 0 Å². The second-order valence-corrected chi connectivity index (χ2v) is 2.77. The molecule has 0 bridgehead atoms. The van der Waals surface area contributed by atoms with Gasteiger partial charge in [-0.05, 0) is 18.4 Å². The van der Waals surface area contributed by atoms with E-state index in [1.165, 1.54) is 0 Å². The normalized spacial score (nSPS) is 9.91. The van der Waals surface area contributed by atoms with Crippen molar-refractivity contribution in [3.8, 4) is 0 Å². The summed E-state index contributed by atoms with van der Waals surface area (Å²) in [5.74, 6) is 0. The standard InChI is InChI=1S/C10H13Cl/c1-4-9(2)7-5-6-8-10(3)11/h4-5,7H,1-3,6,8H2/b7-5+. The first-order valence-corrected chi connectivity index (χ1v) is 3.85. The lowest BCUT2D eigenvalue weighted by Crippen LogP contribution is -1.69. The fourth-order valence-corrected chi connectivity index (χ4v) is 0.652. The Balaban J connectivity index is 3.52. The highest BCUT2D eigenvalue weighted by Gasteiger charge is 1.84. The largest absolute Gasteiger partial charge is 0.0985 e. The van der Waals surface area contributed by atoms with Crippen molar-refractivity contribution in [2.75, 3.05) is 0 Å². The fraction of sp³-hybridized carbons (Fsp3) is 0.200. The highest BCUT2D eigenvalue weighted by Crippen LogP contribution is 2.07. The molecule has 0 fully saturated rings. The van der Waals surface area contributed by atoms with E-state index in [0.717, 1.165) is 18.4 Å². The van der Waals surface area contributed by atoms with Gasteiger partial charge >= 0.3 is 0 Å². The van der Waals surface area contributed by atoms with Crippen LogP contribution < -0.4 is 0 Å². The van der Waals surface area contributed by atoms with Gasteiger partial charge < -0.3 is 0 Å². The topological polar surface area (TPSA) is 0 Å². The molecule has 0 atom stereocenters. The summed E-state index contributed by atoms with van der Waals surface area (Å²) < 4.78 is 0. The first-order valence-electron chi connectivity index (χ1n) is 3.48. The number of hydrogen-bond acceptors (Lipinski definition) is 0. The predicted octanol–water partition coefficient (Wildman–Crippen LogP) is 3.82. The molecule has 60 valence electrons. The molecule has 0 rings (SSSR count). The Labute approximate surface area is 73.6 Å². The van der Waals surface area contributed by atoms with E-state index in [1.54, 1.807) is 6.08 Å². The van der Waals surface area contributed by atoms with Gasteiger partial charge in [-0.1, -0.05) is 49.6 Å². The summed E-state index contributed by atoms with van der Waals surface area (Å²) in [6.07, 6.45) is 7.38. The van der Waals surface area contributed by atoms with Crippen LogP contribution in [0, 0.1) is 0 Å². The molecule has 11 heavy (non-hydrogen) atoms. The van der Waals surface area contributed by atoms with Gasteiger partial charge in [0.25, 0.3) is 0 Å². The molecule has 0 aliphatic heterocycles. The minimum atomic E-state index is 0.693. The van der Waals surface area contributed by atoms with Crippen molar-refractivity contribution in [3.05, 3.63) is 48.6 Å². The summed E-state index contributed by atoms with van der Waals surface area (Å²) in [6.45, 7) is 10.9. The SMILES string of the molecule is C=CC(=C)/C=C/CCC(=C)Cl. The summed E-state index contributed by atoms with van der Waals surface area (Å²) in [5.41, 5.74) is 0.921. The molecule has 0 unspecified atom stereocenters. The number of allylic oxidation sites excluding steroid dienone is 5. The van der Waals surface area contributed by atoms with E-state index in [-0.39, 0.29) is 0 Å². The van der Waals surface area contributed by atoms with Gasteiger partial charge in [0.2, 0.25) is 0 Å². The van der Waals surface area contributed by atoms with Gasteiger partial charge in [0.05, 0.1) is 0 Å². The minimum absolute atomic E-state index is 0.693. The van der Waals surface area contributed by atoms with Gasteiger partial charge in [0, 0.05) is 5.03 Å². The maximum atomic E-state index is 5.56. The Kier molecular flexibility index (Phi) is 5.58. The lowest BCUT2D eigenvalue weighted by molar-refractivity contribution is 1.04. The lowest BCUT2D eigenvalue weighted by atomic mass is 10.2. The van der Waals surface area contributed by atoms with Gasteiger partial charge in [-0.15, -0.1) is 0 Å². The molecule has 0 spiro atoms. The smallest absolute Gasteiger partial charge is 0.0112 e. The molecular formula is C10H13Cl. The van der Waals surface area contributed by atoms with E-state index in [9.17, 15) is 0 Å². The van der Waals surface area contributed by atoms with Gasteiger partial charge in [-0.25, -0.2) is 0 Å².